The van der Waals surface area contributed by atoms with Gasteiger partial charge in [-0.2, -0.15) is 0 Å². The van der Waals surface area contributed by atoms with Crippen LogP contribution in [0, 0.1) is 0 Å². The Hall–Kier alpha value is -1.65. The van der Waals surface area contributed by atoms with E-state index in [4.69, 9.17) is 9.52 Å². The van der Waals surface area contributed by atoms with Crippen molar-refractivity contribution in [3.8, 4) is 0 Å². The Morgan fingerprint density at radius 2 is 2.00 bits per heavy atom. The van der Waals surface area contributed by atoms with E-state index in [0.29, 0.717) is 12.1 Å². The average molecular weight is 288 g/mol. The lowest BCUT2D eigenvalue weighted by Gasteiger charge is -2.17. The lowest BCUT2D eigenvalue weighted by atomic mass is 10.0. The number of quaternary nitrogens is 1. The van der Waals surface area contributed by atoms with Gasteiger partial charge in [-0.1, -0.05) is 0 Å². The first kappa shape index (κ1) is 14.3. The third-order valence-electron chi connectivity index (χ3n) is 4.45. The van der Waals surface area contributed by atoms with E-state index in [-0.39, 0.29) is 12.2 Å². The number of aliphatic hydroxyl groups excluding tert-OH is 1. The molecule has 1 aromatic heterocycles. The van der Waals surface area contributed by atoms with Crippen molar-refractivity contribution < 1.29 is 14.4 Å². The quantitative estimate of drug-likeness (QED) is 0.796. The van der Waals surface area contributed by atoms with Gasteiger partial charge >= 0.3 is 5.63 Å². The molecule has 0 radical (unpaired) electrons. The fourth-order valence-electron chi connectivity index (χ4n) is 3.26. The summed E-state index contributed by atoms with van der Waals surface area (Å²) in [7, 11) is 0. The van der Waals surface area contributed by atoms with Crippen molar-refractivity contribution >= 4 is 11.0 Å². The van der Waals surface area contributed by atoms with Gasteiger partial charge in [-0.15, -0.1) is 0 Å². The van der Waals surface area contributed by atoms with Gasteiger partial charge < -0.3 is 14.4 Å². The summed E-state index contributed by atoms with van der Waals surface area (Å²) in [6.07, 6.45) is 3.38. The van der Waals surface area contributed by atoms with E-state index in [2.05, 4.69) is 13.0 Å². The number of likely N-dealkylation sites (N-methyl/N-ethyl adjacent to an activating group) is 1. The molecule has 1 aliphatic carbocycles. The van der Waals surface area contributed by atoms with Gasteiger partial charge in [0.1, 0.15) is 18.7 Å². The zero-order valence-corrected chi connectivity index (χ0v) is 12.4. The lowest BCUT2D eigenvalue weighted by Crippen LogP contribution is -3.10. The summed E-state index contributed by atoms with van der Waals surface area (Å²) < 4.78 is 5.39. The molecule has 112 valence electrons. The molecule has 0 aliphatic heterocycles. The Kier molecular flexibility index (Phi) is 4.08. The van der Waals surface area contributed by atoms with Gasteiger partial charge in [-0.25, -0.2) is 4.79 Å². The van der Waals surface area contributed by atoms with Crippen LogP contribution in [0.1, 0.15) is 30.0 Å². The second kappa shape index (κ2) is 6.00. The minimum Gasteiger partial charge on any atom is -0.423 e. The van der Waals surface area contributed by atoms with E-state index >= 15 is 0 Å². The molecule has 0 amide bonds. The average Bonchev–Trinajstić information content (AvgIpc) is 2.91. The summed E-state index contributed by atoms with van der Waals surface area (Å²) >= 11 is 0. The Labute approximate surface area is 124 Å². The number of rotatable bonds is 5. The van der Waals surface area contributed by atoms with E-state index < -0.39 is 0 Å². The Balaban J connectivity index is 2.06. The molecule has 1 aromatic carbocycles. The zero-order chi connectivity index (χ0) is 14.8. The van der Waals surface area contributed by atoms with Crippen LogP contribution in [0.25, 0.3) is 11.0 Å². The van der Waals surface area contributed by atoms with Crippen molar-refractivity contribution in [3.63, 3.8) is 0 Å². The maximum absolute atomic E-state index is 11.8. The van der Waals surface area contributed by atoms with Crippen LogP contribution < -0.4 is 10.5 Å². The van der Waals surface area contributed by atoms with E-state index in [1.165, 1.54) is 22.4 Å². The number of benzene rings is 1. The number of aryl methyl sites for hydroxylation is 2. The highest BCUT2D eigenvalue weighted by atomic mass is 16.4. The summed E-state index contributed by atoms with van der Waals surface area (Å²) in [6.45, 7) is 4.63. The van der Waals surface area contributed by atoms with E-state index in [9.17, 15) is 4.79 Å². The van der Waals surface area contributed by atoms with E-state index in [1.54, 1.807) is 6.07 Å². The molecule has 2 N–H and O–H groups in total. The number of nitrogens with one attached hydrogen (secondary N) is 1. The predicted molar refractivity (Wildman–Crippen MR) is 81.7 cm³/mol. The first-order chi connectivity index (χ1) is 10.2. The normalized spacial score (nSPS) is 15.3. The van der Waals surface area contributed by atoms with Gasteiger partial charge in [0.2, 0.25) is 0 Å². The van der Waals surface area contributed by atoms with Crippen LogP contribution in [0.4, 0.5) is 0 Å². The van der Waals surface area contributed by atoms with Gasteiger partial charge in [0.15, 0.2) is 0 Å². The SMILES string of the molecule is CC[NH+](CCO)Cc1cc(=O)oc2cc3c(cc12)CCC3. The minimum absolute atomic E-state index is 0.165. The molecule has 0 spiro atoms. The molecule has 1 unspecified atom stereocenters. The number of aliphatic hydroxyl groups is 1. The molecule has 1 heterocycles. The molecular weight excluding hydrogens is 266 g/mol. The van der Waals surface area contributed by atoms with Gasteiger partial charge in [-0.05, 0) is 49.4 Å². The van der Waals surface area contributed by atoms with Crippen molar-refractivity contribution in [3.05, 3.63) is 45.3 Å². The monoisotopic (exact) mass is 288 g/mol. The largest absolute Gasteiger partial charge is 0.423 e. The van der Waals surface area contributed by atoms with E-state index in [0.717, 1.165) is 36.9 Å². The third-order valence-corrected chi connectivity index (χ3v) is 4.45. The van der Waals surface area contributed by atoms with Crippen LogP contribution in [-0.2, 0) is 19.4 Å². The molecule has 2 aromatic rings. The van der Waals surface area contributed by atoms with Crippen LogP contribution >= 0.6 is 0 Å². The number of fused-ring (bicyclic) bond motifs is 2. The standard InChI is InChI=1S/C17H21NO3/c1-2-18(6-7-19)11-14-10-17(20)21-16-9-13-5-3-4-12(13)8-15(14)16/h8-10,19H,2-7,11H2,1H3/p+1. The summed E-state index contributed by atoms with van der Waals surface area (Å²) in [5.74, 6) is 0. The summed E-state index contributed by atoms with van der Waals surface area (Å²) in [5.41, 5.74) is 4.16. The van der Waals surface area contributed by atoms with Crippen LogP contribution in [0.5, 0.6) is 0 Å². The zero-order valence-electron chi connectivity index (χ0n) is 12.4. The highest BCUT2D eigenvalue weighted by molar-refractivity contribution is 5.82. The van der Waals surface area contributed by atoms with Gasteiger partial charge in [0.05, 0.1) is 13.2 Å². The maximum atomic E-state index is 11.8. The number of hydrogen-bond donors (Lipinski definition) is 2. The molecule has 0 fully saturated rings. The molecule has 3 rings (SSSR count). The van der Waals surface area contributed by atoms with Gasteiger partial charge in [0, 0.05) is 17.0 Å². The van der Waals surface area contributed by atoms with Crippen molar-refractivity contribution in [2.24, 2.45) is 0 Å². The van der Waals surface area contributed by atoms with Crippen LogP contribution in [0.2, 0.25) is 0 Å². The van der Waals surface area contributed by atoms with Crippen molar-refractivity contribution in [1.29, 1.82) is 0 Å². The predicted octanol–water partition coefficient (Wildman–Crippen LogP) is 0.679. The topological polar surface area (TPSA) is 54.9 Å². The summed E-state index contributed by atoms with van der Waals surface area (Å²) in [5, 5.41) is 10.2. The Morgan fingerprint density at radius 3 is 2.71 bits per heavy atom. The molecule has 0 bridgehead atoms. The third kappa shape index (κ3) is 2.87. The Bertz CT molecular complexity index is 705. The van der Waals surface area contributed by atoms with Crippen molar-refractivity contribution in [2.45, 2.75) is 32.7 Å². The molecule has 4 nitrogen and oxygen atoms in total. The van der Waals surface area contributed by atoms with Crippen LogP contribution in [0.3, 0.4) is 0 Å². The molecule has 4 heteroatoms. The van der Waals surface area contributed by atoms with Crippen molar-refractivity contribution in [2.75, 3.05) is 19.7 Å². The lowest BCUT2D eigenvalue weighted by molar-refractivity contribution is -0.912. The second-order valence-electron chi connectivity index (χ2n) is 5.82. The highest BCUT2D eigenvalue weighted by Gasteiger charge is 2.17. The summed E-state index contributed by atoms with van der Waals surface area (Å²) in [4.78, 5) is 13.1. The van der Waals surface area contributed by atoms with Crippen LogP contribution in [0.15, 0.2) is 27.4 Å². The first-order valence-electron chi connectivity index (χ1n) is 7.74. The molecular formula is C17H22NO3+. The van der Waals surface area contributed by atoms with Gasteiger partial charge in [-0.3, -0.25) is 0 Å². The maximum Gasteiger partial charge on any atom is 0.336 e. The van der Waals surface area contributed by atoms with E-state index in [1.807, 2.05) is 6.07 Å². The molecule has 1 atom stereocenters. The summed E-state index contributed by atoms with van der Waals surface area (Å²) in [6, 6.07) is 5.85. The van der Waals surface area contributed by atoms with Crippen molar-refractivity contribution in [1.82, 2.24) is 0 Å². The fourth-order valence-corrected chi connectivity index (χ4v) is 3.26. The Morgan fingerprint density at radius 1 is 1.24 bits per heavy atom. The van der Waals surface area contributed by atoms with Crippen LogP contribution in [-0.4, -0.2) is 24.8 Å². The minimum atomic E-state index is -0.283. The molecule has 1 aliphatic rings. The smallest absolute Gasteiger partial charge is 0.336 e. The molecule has 0 saturated heterocycles. The first-order valence-corrected chi connectivity index (χ1v) is 7.74. The highest BCUT2D eigenvalue weighted by Crippen LogP contribution is 2.28. The number of hydrogen-bond acceptors (Lipinski definition) is 3. The molecule has 0 saturated carbocycles. The second-order valence-corrected chi connectivity index (χ2v) is 5.82. The van der Waals surface area contributed by atoms with Gasteiger partial charge in [0.25, 0.3) is 0 Å². The molecule has 21 heavy (non-hydrogen) atoms. The fraction of sp³-hybridized carbons (Fsp3) is 0.471.